The van der Waals surface area contributed by atoms with Crippen molar-refractivity contribution in [3.63, 3.8) is 0 Å². The molecule has 0 aliphatic carbocycles. The van der Waals surface area contributed by atoms with Crippen molar-refractivity contribution in [2.24, 2.45) is 13.0 Å². The topological polar surface area (TPSA) is 46.9 Å². The molecule has 0 bridgehead atoms. The fourth-order valence-corrected chi connectivity index (χ4v) is 1.72. The van der Waals surface area contributed by atoms with Gasteiger partial charge in [0.25, 0.3) is 5.91 Å². The molecule has 1 rings (SSSR count). The van der Waals surface area contributed by atoms with Crippen molar-refractivity contribution in [3.05, 3.63) is 18.0 Å². The Labute approximate surface area is 101 Å². The third-order valence-corrected chi connectivity index (χ3v) is 2.73. The number of carbonyl (C=O) groups is 1. The van der Waals surface area contributed by atoms with E-state index >= 15 is 0 Å². The van der Waals surface area contributed by atoms with E-state index in [0.29, 0.717) is 17.4 Å². The summed E-state index contributed by atoms with van der Waals surface area (Å²) in [6.07, 6.45) is 4.05. The zero-order chi connectivity index (χ0) is 12.1. The molecule has 0 radical (unpaired) electrons. The van der Waals surface area contributed by atoms with Crippen LogP contribution in [0.15, 0.2) is 12.4 Å². The maximum atomic E-state index is 11.8. The molecule has 0 aromatic carbocycles. The molecule has 0 saturated heterocycles. The van der Waals surface area contributed by atoms with E-state index in [9.17, 15) is 4.79 Å². The second-order valence-corrected chi connectivity index (χ2v) is 4.58. The highest BCUT2D eigenvalue weighted by Gasteiger charge is 2.17. The van der Waals surface area contributed by atoms with Gasteiger partial charge < -0.3 is 5.32 Å². The summed E-state index contributed by atoms with van der Waals surface area (Å²) >= 11 is 5.71. The number of alkyl halides is 1. The molecule has 4 nitrogen and oxygen atoms in total. The van der Waals surface area contributed by atoms with Crippen molar-refractivity contribution in [2.75, 3.05) is 5.88 Å². The molecule has 0 aliphatic heterocycles. The van der Waals surface area contributed by atoms with E-state index in [1.807, 2.05) is 0 Å². The Balaban J connectivity index is 2.61. The molecule has 0 saturated carbocycles. The van der Waals surface area contributed by atoms with E-state index in [4.69, 9.17) is 11.6 Å². The molecular formula is C11H18ClN3O. The number of hydrogen-bond donors (Lipinski definition) is 1. The number of aryl methyl sites for hydroxylation is 1. The molecule has 1 amide bonds. The summed E-state index contributed by atoms with van der Waals surface area (Å²) in [5, 5.41) is 6.94. The molecule has 5 heteroatoms. The first kappa shape index (κ1) is 13.0. The van der Waals surface area contributed by atoms with Gasteiger partial charge in [-0.3, -0.25) is 9.48 Å². The highest BCUT2D eigenvalue weighted by molar-refractivity contribution is 6.17. The molecule has 1 aromatic rings. The Kier molecular flexibility index (Phi) is 4.80. The Morgan fingerprint density at radius 2 is 2.31 bits per heavy atom. The number of nitrogens with zero attached hydrogens (tertiary/aromatic N) is 2. The lowest BCUT2D eigenvalue weighted by Crippen LogP contribution is -2.38. The van der Waals surface area contributed by atoms with Crippen molar-refractivity contribution in [2.45, 2.75) is 26.3 Å². The molecule has 0 spiro atoms. The van der Waals surface area contributed by atoms with Gasteiger partial charge in [-0.25, -0.2) is 0 Å². The SMILES string of the molecule is CC(C)C(CCCl)NC(=O)c1cnn(C)c1. The van der Waals surface area contributed by atoms with Crippen LogP contribution in [-0.4, -0.2) is 27.6 Å². The van der Waals surface area contributed by atoms with Crippen LogP contribution < -0.4 is 5.32 Å². The van der Waals surface area contributed by atoms with Crippen LogP contribution in [0.1, 0.15) is 30.6 Å². The quantitative estimate of drug-likeness (QED) is 0.802. The van der Waals surface area contributed by atoms with Gasteiger partial charge in [0, 0.05) is 25.2 Å². The molecule has 0 fully saturated rings. The van der Waals surface area contributed by atoms with Crippen molar-refractivity contribution in [1.29, 1.82) is 0 Å². The van der Waals surface area contributed by atoms with Gasteiger partial charge in [0.05, 0.1) is 11.8 Å². The zero-order valence-electron chi connectivity index (χ0n) is 9.90. The van der Waals surface area contributed by atoms with Crippen molar-refractivity contribution < 1.29 is 4.79 Å². The molecule has 0 aliphatic rings. The minimum atomic E-state index is -0.0862. The average molecular weight is 244 g/mol. The summed E-state index contributed by atoms with van der Waals surface area (Å²) in [4.78, 5) is 11.8. The minimum absolute atomic E-state index is 0.0862. The lowest BCUT2D eigenvalue weighted by molar-refractivity contribution is 0.0925. The number of hydrogen-bond acceptors (Lipinski definition) is 2. The molecule has 1 heterocycles. The van der Waals surface area contributed by atoms with Gasteiger partial charge in [-0.1, -0.05) is 13.8 Å². The smallest absolute Gasteiger partial charge is 0.254 e. The van der Waals surface area contributed by atoms with Crippen LogP contribution in [0.2, 0.25) is 0 Å². The number of carbonyl (C=O) groups excluding carboxylic acids is 1. The first-order valence-electron chi connectivity index (χ1n) is 5.40. The van der Waals surface area contributed by atoms with Crippen molar-refractivity contribution in [3.8, 4) is 0 Å². The lowest BCUT2D eigenvalue weighted by Gasteiger charge is -2.20. The summed E-state index contributed by atoms with van der Waals surface area (Å²) in [7, 11) is 1.79. The predicted molar refractivity (Wildman–Crippen MR) is 64.6 cm³/mol. The fraction of sp³-hybridized carbons (Fsp3) is 0.636. The number of aromatic nitrogens is 2. The normalized spacial score (nSPS) is 12.8. The summed E-state index contributed by atoms with van der Waals surface area (Å²) in [5.41, 5.74) is 0.586. The molecule has 1 aromatic heterocycles. The van der Waals surface area contributed by atoms with E-state index in [1.165, 1.54) is 0 Å². The van der Waals surface area contributed by atoms with Crippen LogP contribution in [0.4, 0.5) is 0 Å². The molecule has 90 valence electrons. The monoisotopic (exact) mass is 243 g/mol. The van der Waals surface area contributed by atoms with E-state index in [0.717, 1.165) is 6.42 Å². The number of halogens is 1. The molecule has 1 N–H and O–H groups in total. The van der Waals surface area contributed by atoms with E-state index in [2.05, 4.69) is 24.3 Å². The minimum Gasteiger partial charge on any atom is -0.349 e. The number of nitrogens with one attached hydrogen (secondary N) is 1. The van der Waals surface area contributed by atoms with Gasteiger partial charge in [0.1, 0.15) is 0 Å². The molecule has 1 atom stereocenters. The first-order valence-corrected chi connectivity index (χ1v) is 5.93. The summed E-state index contributed by atoms with van der Waals surface area (Å²) < 4.78 is 1.61. The second kappa shape index (κ2) is 5.89. The summed E-state index contributed by atoms with van der Waals surface area (Å²) in [6, 6.07) is 0.116. The van der Waals surface area contributed by atoms with E-state index < -0.39 is 0 Å². The third kappa shape index (κ3) is 3.52. The summed E-state index contributed by atoms with van der Waals surface area (Å²) in [5.74, 6) is 0.840. The second-order valence-electron chi connectivity index (χ2n) is 4.20. The maximum Gasteiger partial charge on any atom is 0.254 e. The van der Waals surface area contributed by atoms with Crippen LogP contribution >= 0.6 is 11.6 Å². The van der Waals surface area contributed by atoms with Gasteiger partial charge in [-0.15, -0.1) is 11.6 Å². The van der Waals surface area contributed by atoms with Crippen LogP contribution in [0, 0.1) is 5.92 Å². The number of amides is 1. The van der Waals surface area contributed by atoms with Gasteiger partial charge >= 0.3 is 0 Å². The Morgan fingerprint density at radius 1 is 1.62 bits per heavy atom. The molecule has 16 heavy (non-hydrogen) atoms. The van der Waals surface area contributed by atoms with E-state index in [-0.39, 0.29) is 11.9 Å². The standard InChI is InChI=1S/C11H18ClN3O/c1-8(2)10(4-5-12)14-11(16)9-6-13-15(3)7-9/h6-8,10H,4-5H2,1-3H3,(H,14,16). The predicted octanol–water partition coefficient (Wildman–Crippen LogP) is 1.80. The maximum absolute atomic E-state index is 11.8. The largest absolute Gasteiger partial charge is 0.349 e. The van der Waals surface area contributed by atoms with Gasteiger partial charge in [-0.05, 0) is 12.3 Å². The highest BCUT2D eigenvalue weighted by atomic mass is 35.5. The Hall–Kier alpha value is -1.03. The molecule has 1 unspecified atom stereocenters. The fourth-order valence-electron chi connectivity index (χ4n) is 1.48. The summed E-state index contributed by atoms with van der Waals surface area (Å²) in [6.45, 7) is 4.14. The van der Waals surface area contributed by atoms with Gasteiger partial charge in [-0.2, -0.15) is 5.10 Å². The lowest BCUT2D eigenvalue weighted by atomic mass is 10.0. The average Bonchev–Trinajstić information content (AvgIpc) is 2.64. The number of rotatable bonds is 5. The highest BCUT2D eigenvalue weighted by Crippen LogP contribution is 2.08. The van der Waals surface area contributed by atoms with Crippen LogP contribution in [-0.2, 0) is 7.05 Å². The van der Waals surface area contributed by atoms with Crippen molar-refractivity contribution >= 4 is 17.5 Å². The third-order valence-electron chi connectivity index (χ3n) is 2.51. The van der Waals surface area contributed by atoms with Crippen molar-refractivity contribution in [1.82, 2.24) is 15.1 Å². The van der Waals surface area contributed by atoms with Crippen LogP contribution in [0.3, 0.4) is 0 Å². The van der Waals surface area contributed by atoms with Gasteiger partial charge in [0.2, 0.25) is 0 Å². The molecular weight excluding hydrogens is 226 g/mol. The Bertz CT molecular complexity index is 349. The van der Waals surface area contributed by atoms with Crippen LogP contribution in [0.25, 0.3) is 0 Å². The van der Waals surface area contributed by atoms with Crippen LogP contribution in [0.5, 0.6) is 0 Å². The van der Waals surface area contributed by atoms with Gasteiger partial charge in [0.15, 0.2) is 0 Å². The first-order chi connectivity index (χ1) is 7.54. The Morgan fingerprint density at radius 3 is 2.75 bits per heavy atom. The zero-order valence-corrected chi connectivity index (χ0v) is 10.7. The van der Waals surface area contributed by atoms with E-state index in [1.54, 1.807) is 24.1 Å².